The van der Waals surface area contributed by atoms with Crippen LogP contribution in [0.15, 0.2) is 58.3 Å². The predicted molar refractivity (Wildman–Crippen MR) is 178 cm³/mol. The lowest BCUT2D eigenvalue weighted by Gasteiger charge is -2.18. The smallest absolute Gasteiger partial charge is 0.140 e. The lowest BCUT2D eigenvalue weighted by Crippen LogP contribution is -2.20. The Morgan fingerprint density at radius 3 is 1.33 bits per heavy atom. The van der Waals surface area contributed by atoms with Crippen molar-refractivity contribution in [3.63, 3.8) is 0 Å². The quantitative estimate of drug-likeness (QED) is 0.285. The second-order valence-electron chi connectivity index (χ2n) is 10.3. The molecule has 3 heterocycles. The number of hydrogen-bond donors (Lipinski definition) is 1. The third-order valence-electron chi connectivity index (χ3n) is 7.15. The normalized spacial score (nSPS) is 17.2. The lowest BCUT2D eigenvalue weighted by atomic mass is 9.84. The molecule has 3 aliphatic rings. The minimum Gasteiger partial charge on any atom is -0.472 e. The van der Waals surface area contributed by atoms with Gasteiger partial charge in [0.25, 0.3) is 0 Å². The first-order valence-electron chi connectivity index (χ1n) is 16.0. The van der Waals surface area contributed by atoms with Crippen LogP contribution in [-0.4, -0.2) is 39.7 Å². The van der Waals surface area contributed by atoms with Crippen LogP contribution in [0.3, 0.4) is 0 Å². The number of hydrogen-bond acceptors (Lipinski definition) is 8. The van der Waals surface area contributed by atoms with Crippen LogP contribution < -0.4 is 0 Å². The molecule has 8 nitrogen and oxygen atoms in total. The third-order valence-corrected chi connectivity index (χ3v) is 7.85. The summed E-state index contributed by atoms with van der Waals surface area (Å²) in [5.74, 6) is 0.724. The molecule has 3 fully saturated rings. The molecule has 0 radical (unpaired) electrons. The van der Waals surface area contributed by atoms with Crippen molar-refractivity contribution in [1.29, 1.82) is 0 Å². The number of thiophene rings is 1. The van der Waals surface area contributed by atoms with Crippen molar-refractivity contribution in [2.24, 2.45) is 0 Å². The zero-order valence-corrected chi connectivity index (χ0v) is 28.4. The van der Waals surface area contributed by atoms with E-state index in [9.17, 15) is 28.8 Å². The predicted octanol–water partition coefficient (Wildman–Crippen LogP) is 8.34. The molecule has 0 unspecified atom stereocenters. The first-order chi connectivity index (χ1) is 21.8. The summed E-state index contributed by atoms with van der Waals surface area (Å²) in [7, 11) is 0. The molecular weight excluding hydrogens is 590 g/mol. The fraction of sp³-hybridized carbons (Fsp3) is 0.500. The molecular formula is C36H49NO7S. The number of rotatable bonds is 3. The van der Waals surface area contributed by atoms with Gasteiger partial charge in [-0.1, -0.05) is 41.5 Å². The van der Waals surface area contributed by atoms with Gasteiger partial charge in [-0.2, -0.15) is 11.3 Å². The van der Waals surface area contributed by atoms with Gasteiger partial charge in [-0.25, -0.2) is 0 Å². The summed E-state index contributed by atoms with van der Waals surface area (Å²) >= 11 is 1.61. The van der Waals surface area contributed by atoms with Crippen molar-refractivity contribution in [2.75, 3.05) is 0 Å². The molecule has 0 aromatic carbocycles. The summed E-state index contributed by atoms with van der Waals surface area (Å²) < 4.78 is 4.92. The molecule has 3 aromatic heterocycles. The highest BCUT2D eigenvalue weighted by Gasteiger charge is 2.28. The molecule has 0 amide bonds. The number of carbonyl (C=O) groups excluding carboxylic acids is 6. The van der Waals surface area contributed by atoms with Crippen LogP contribution >= 0.6 is 11.3 Å². The van der Waals surface area contributed by atoms with E-state index in [-0.39, 0.29) is 71.7 Å². The van der Waals surface area contributed by atoms with Gasteiger partial charge in [-0.3, -0.25) is 28.8 Å². The Morgan fingerprint density at radius 1 is 0.578 bits per heavy atom. The van der Waals surface area contributed by atoms with E-state index in [2.05, 4.69) is 4.98 Å². The Morgan fingerprint density at radius 2 is 1.00 bits per heavy atom. The van der Waals surface area contributed by atoms with E-state index < -0.39 is 0 Å². The Bertz CT molecular complexity index is 1100. The van der Waals surface area contributed by atoms with Gasteiger partial charge in [0.15, 0.2) is 0 Å². The van der Waals surface area contributed by atoms with Gasteiger partial charge in [-0.15, -0.1) is 0 Å². The molecule has 45 heavy (non-hydrogen) atoms. The minimum atomic E-state index is 0.0439. The van der Waals surface area contributed by atoms with Gasteiger partial charge >= 0.3 is 0 Å². The number of furan rings is 1. The average molecular weight is 640 g/mol. The lowest BCUT2D eigenvalue weighted by molar-refractivity contribution is -0.131. The summed E-state index contributed by atoms with van der Waals surface area (Å²) in [6.07, 6.45) is 10.3. The van der Waals surface area contributed by atoms with Gasteiger partial charge < -0.3 is 9.40 Å². The zero-order chi connectivity index (χ0) is 33.8. The third kappa shape index (κ3) is 13.9. The van der Waals surface area contributed by atoms with Crippen LogP contribution in [-0.2, 0) is 28.8 Å². The van der Waals surface area contributed by atoms with Crippen molar-refractivity contribution in [3.8, 4) is 0 Å². The molecule has 0 bridgehead atoms. The molecule has 3 aliphatic carbocycles. The average Bonchev–Trinajstić information content (AvgIpc) is 3.84. The minimum absolute atomic E-state index is 0.0439. The highest BCUT2D eigenvalue weighted by Crippen LogP contribution is 2.31. The van der Waals surface area contributed by atoms with Crippen molar-refractivity contribution >= 4 is 46.0 Å². The van der Waals surface area contributed by atoms with E-state index in [1.54, 1.807) is 23.9 Å². The summed E-state index contributed by atoms with van der Waals surface area (Å²) in [5.41, 5.74) is 3.18. The highest BCUT2D eigenvalue weighted by atomic mass is 32.1. The first kappa shape index (κ1) is 39.3. The van der Waals surface area contributed by atoms with E-state index in [0.717, 1.165) is 16.7 Å². The Labute approximate surface area is 271 Å². The van der Waals surface area contributed by atoms with Crippen LogP contribution in [0.1, 0.15) is 134 Å². The van der Waals surface area contributed by atoms with Crippen molar-refractivity contribution in [2.45, 2.75) is 117 Å². The molecule has 1 N–H and O–H groups in total. The molecule has 246 valence electrons. The maximum Gasteiger partial charge on any atom is 0.140 e. The number of Topliss-reactive ketones (excluding diaryl/α,β-unsaturated/α-hetero) is 6. The van der Waals surface area contributed by atoms with Gasteiger partial charge in [0.2, 0.25) is 0 Å². The maximum atomic E-state index is 11.2. The van der Waals surface area contributed by atoms with Crippen molar-refractivity contribution < 1.29 is 33.2 Å². The molecule has 0 atom stereocenters. The molecule has 0 spiro atoms. The fourth-order valence-electron chi connectivity index (χ4n) is 5.27. The summed E-state index contributed by atoms with van der Waals surface area (Å²) in [6.45, 7) is 12.0. The molecule has 0 saturated heterocycles. The summed E-state index contributed by atoms with van der Waals surface area (Å²) in [6, 6.07) is 5.74. The van der Waals surface area contributed by atoms with Crippen LogP contribution in [0.4, 0.5) is 0 Å². The number of aromatic nitrogens is 1. The van der Waals surface area contributed by atoms with E-state index in [0.29, 0.717) is 38.5 Å². The van der Waals surface area contributed by atoms with Crippen molar-refractivity contribution in [1.82, 2.24) is 4.98 Å². The fourth-order valence-corrected chi connectivity index (χ4v) is 6.01. The number of H-pyrrole nitrogens is 1. The van der Waals surface area contributed by atoms with Crippen LogP contribution in [0.5, 0.6) is 0 Å². The van der Waals surface area contributed by atoms with E-state index in [1.807, 2.05) is 82.9 Å². The SMILES string of the molecule is CC.CC.CC.O=C1CC(=O)CC(c2cc[nH]c2)C1.O=C1CC(=O)CC(c2ccoc2)C1.O=C1CC(=O)CC(c2ccsc2)C1. The van der Waals surface area contributed by atoms with Crippen LogP contribution in [0.2, 0.25) is 0 Å². The Kier molecular flexibility index (Phi) is 19.1. The number of aromatic amines is 1. The Hall–Kier alpha value is -3.72. The molecule has 0 aliphatic heterocycles. The number of ketones is 6. The van der Waals surface area contributed by atoms with Crippen LogP contribution in [0, 0.1) is 0 Å². The highest BCUT2D eigenvalue weighted by molar-refractivity contribution is 7.08. The molecule has 9 heteroatoms. The van der Waals surface area contributed by atoms with Gasteiger partial charge in [-0.05, 0) is 57.5 Å². The zero-order valence-electron chi connectivity index (χ0n) is 27.6. The topological polar surface area (TPSA) is 131 Å². The number of nitrogens with one attached hydrogen (secondary N) is 1. The monoisotopic (exact) mass is 639 g/mol. The van der Waals surface area contributed by atoms with Gasteiger partial charge in [0.1, 0.15) is 34.7 Å². The standard InChI is InChI=1S/C10H11NO2.C10H10O3.C10H10O2S.3C2H6/c12-9-3-8(4-10(13)5-9)7-1-2-11-6-7;2*11-9-3-8(4-10(12)5-9)7-1-2-13-6-7;3*1-2/h1-2,6,8,11H,3-5H2;2*1-2,6,8H,3-5H2;3*1-2H3. The van der Waals surface area contributed by atoms with E-state index in [4.69, 9.17) is 4.42 Å². The van der Waals surface area contributed by atoms with Gasteiger partial charge in [0.05, 0.1) is 31.8 Å². The summed E-state index contributed by atoms with van der Waals surface area (Å²) in [4.78, 5) is 69.8. The van der Waals surface area contributed by atoms with Gasteiger partial charge in [0, 0.05) is 56.8 Å². The second-order valence-corrected chi connectivity index (χ2v) is 11.1. The number of carbonyl (C=O) groups is 6. The van der Waals surface area contributed by atoms with E-state index >= 15 is 0 Å². The maximum absolute atomic E-state index is 11.2. The Balaban J connectivity index is 0.000000311. The second kappa shape index (κ2) is 21.9. The first-order valence-corrected chi connectivity index (χ1v) is 17.0. The largest absolute Gasteiger partial charge is 0.472 e. The molecule has 3 aromatic rings. The summed E-state index contributed by atoms with van der Waals surface area (Å²) in [5, 5.41) is 4.01. The van der Waals surface area contributed by atoms with Crippen LogP contribution in [0.25, 0.3) is 0 Å². The molecule has 6 rings (SSSR count). The molecule has 3 saturated carbocycles. The van der Waals surface area contributed by atoms with Crippen molar-refractivity contribution in [3.05, 3.63) is 70.6 Å². The van der Waals surface area contributed by atoms with E-state index in [1.165, 1.54) is 0 Å².